The number of carbonyl (C=O) groups excluding carboxylic acids is 2. The second kappa shape index (κ2) is 8.17. The monoisotopic (exact) mass is 350 g/mol. The molecule has 4 heteroatoms. The Hall–Kier alpha value is -2.62. The van der Waals surface area contributed by atoms with Gasteiger partial charge in [-0.2, -0.15) is 0 Å². The Morgan fingerprint density at radius 3 is 2.46 bits per heavy atom. The molecule has 3 rings (SSSR count). The van der Waals surface area contributed by atoms with Crippen molar-refractivity contribution in [3.63, 3.8) is 0 Å². The van der Waals surface area contributed by atoms with E-state index < -0.39 is 0 Å². The third-order valence-corrected chi connectivity index (χ3v) is 4.90. The predicted molar refractivity (Wildman–Crippen MR) is 103 cm³/mol. The van der Waals surface area contributed by atoms with Gasteiger partial charge in [-0.25, -0.2) is 0 Å². The highest BCUT2D eigenvalue weighted by Crippen LogP contribution is 2.20. The Balaban J connectivity index is 1.50. The summed E-state index contributed by atoms with van der Waals surface area (Å²) >= 11 is 0. The van der Waals surface area contributed by atoms with E-state index in [0.717, 1.165) is 5.56 Å². The lowest BCUT2D eigenvalue weighted by molar-refractivity contribution is -0.128. The summed E-state index contributed by atoms with van der Waals surface area (Å²) in [6.45, 7) is 6.13. The van der Waals surface area contributed by atoms with Crippen LogP contribution >= 0.6 is 0 Å². The highest BCUT2D eigenvalue weighted by atomic mass is 16.2. The predicted octanol–water partition coefficient (Wildman–Crippen LogP) is 3.59. The maximum Gasteiger partial charge on any atom is 0.251 e. The van der Waals surface area contributed by atoms with Crippen LogP contribution in [0.4, 0.5) is 0 Å². The highest BCUT2D eigenvalue weighted by molar-refractivity contribution is 5.94. The van der Waals surface area contributed by atoms with Crippen LogP contribution < -0.4 is 5.32 Å². The lowest BCUT2D eigenvalue weighted by Crippen LogP contribution is -2.31. The van der Waals surface area contributed by atoms with Crippen LogP contribution in [-0.2, 0) is 11.3 Å². The number of nitrogens with zero attached hydrogens (tertiary/aromatic N) is 1. The molecule has 1 fully saturated rings. The van der Waals surface area contributed by atoms with Gasteiger partial charge in [-0.1, -0.05) is 56.3 Å². The molecule has 136 valence electrons. The lowest BCUT2D eigenvalue weighted by atomic mass is 10.0. The van der Waals surface area contributed by atoms with Crippen molar-refractivity contribution >= 4 is 11.8 Å². The summed E-state index contributed by atoms with van der Waals surface area (Å²) < 4.78 is 0. The topological polar surface area (TPSA) is 49.4 Å². The van der Waals surface area contributed by atoms with E-state index in [1.165, 1.54) is 5.56 Å². The SMILES string of the molecule is CC(C)c1ccc(C(=O)NCC2CC(=O)N(Cc3ccccc3)C2)cc1. The normalized spacial score (nSPS) is 17.0. The van der Waals surface area contributed by atoms with Crippen LogP contribution in [-0.4, -0.2) is 29.8 Å². The first kappa shape index (κ1) is 18.2. The fourth-order valence-corrected chi connectivity index (χ4v) is 3.31. The maximum absolute atomic E-state index is 12.3. The van der Waals surface area contributed by atoms with Crippen LogP contribution in [0.5, 0.6) is 0 Å². The van der Waals surface area contributed by atoms with Crippen LogP contribution in [0.15, 0.2) is 54.6 Å². The molecule has 1 heterocycles. The van der Waals surface area contributed by atoms with Gasteiger partial charge in [0.15, 0.2) is 0 Å². The Bertz CT molecular complexity index is 753. The van der Waals surface area contributed by atoms with Crippen LogP contribution in [0.25, 0.3) is 0 Å². The van der Waals surface area contributed by atoms with E-state index in [2.05, 4.69) is 19.2 Å². The van der Waals surface area contributed by atoms with Gasteiger partial charge in [0.1, 0.15) is 0 Å². The van der Waals surface area contributed by atoms with Crippen LogP contribution in [0.2, 0.25) is 0 Å². The molecule has 0 spiro atoms. The molecule has 2 amide bonds. The average Bonchev–Trinajstić information content (AvgIpc) is 3.00. The van der Waals surface area contributed by atoms with Gasteiger partial charge < -0.3 is 10.2 Å². The number of likely N-dealkylation sites (tertiary alicyclic amines) is 1. The number of nitrogens with one attached hydrogen (secondary N) is 1. The van der Waals surface area contributed by atoms with E-state index in [4.69, 9.17) is 0 Å². The molecule has 1 aliphatic heterocycles. The summed E-state index contributed by atoms with van der Waals surface area (Å²) in [7, 11) is 0. The molecule has 0 saturated carbocycles. The minimum Gasteiger partial charge on any atom is -0.352 e. The molecule has 2 aromatic carbocycles. The fraction of sp³-hybridized carbons (Fsp3) is 0.364. The standard InChI is InChI=1S/C22H26N2O2/c1-16(2)19-8-10-20(11-9-19)22(26)23-13-18-12-21(25)24(15-18)14-17-6-4-3-5-7-17/h3-11,16,18H,12-15H2,1-2H3,(H,23,26). The van der Waals surface area contributed by atoms with Gasteiger partial charge in [0, 0.05) is 37.5 Å². The molecule has 1 atom stereocenters. The van der Waals surface area contributed by atoms with Crippen molar-refractivity contribution in [1.82, 2.24) is 10.2 Å². The van der Waals surface area contributed by atoms with Gasteiger partial charge in [0.25, 0.3) is 5.91 Å². The van der Waals surface area contributed by atoms with Crippen molar-refractivity contribution < 1.29 is 9.59 Å². The number of amides is 2. The third kappa shape index (κ3) is 4.51. The van der Waals surface area contributed by atoms with Gasteiger partial charge in [-0.15, -0.1) is 0 Å². The van der Waals surface area contributed by atoms with Gasteiger partial charge in [0.2, 0.25) is 5.91 Å². The summed E-state index contributed by atoms with van der Waals surface area (Å²) in [6, 6.07) is 17.7. The molecule has 1 N–H and O–H groups in total. The van der Waals surface area contributed by atoms with Gasteiger partial charge in [0.05, 0.1) is 0 Å². The van der Waals surface area contributed by atoms with Gasteiger partial charge in [-0.3, -0.25) is 9.59 Å². The van der Waals surface area contributed by atoms with Crippen molar-refractivity contribution in [2.75, 3.05) is 13.1 Å². The first-order chi connectivity index (χ1) is 12.5. The summed E-state index contributed by atoms with van der Waals surface area (Å²) in [6.07, 6.45) is 0.499. The summed E-state index contributed by atoms with van der Waals surface area (Å²) in [5, 5.41) is 2.98. The van der Waals surface area contributed by atoms with E-state index in [9.17, 15) is 9.59 Å². The number of hydrogen-bond acceptors (Lipinski definition) is 2. The Morgan fingerprint density at radius 1 is 1.12 bits per heavy atom. The molecule has 2 aromatic rings. The molecule has 26 heavy (non-hydrogen) atoms. The lowest BCUT2D eigenvalue weighted by Gasteiger charge is -2.17. The van der Waals surface area contributed by atoms with Crippen LogP contribution in [0.1, 0.15) is 47.7 Å². The molecular formula is C22H26N2O2. The molecule has 1 saturated heterocycles. The zero-order valence-corrected chi connectivity index (χ0v) is 15.4. The summed E-state index contributed by atoms with van der Waals surface area (Å²) in [5.41, 5.74) is 3.02. The average molecular weight is 350 g/mol. The fourth-order valence-electron chi connectivity index (χ4n) is 3.31. The number of hydrogen-bond donors (Lipinski definition) is 1. The first-order valence-electron chi connectivity index (χ1n) is 9.23. The van der Waals surface area contributed by atoms with Crippen LogP contribution in [0, 0.1) is 5.92 Å². The number of rotatable bonds is 6. The second-order valence-electron chi connectivity index (χ2n) is 7.32. The Labute approximate surface area is 155 Å². The molecule has 0 aromatic heterocycles. The first-order valence-corrected chi connectivity index (χ1v) is 9.23. The van der Waals surface area contributed by atoms with E-state index in [0.29, 0.717) is 37.5 Å². The van der Waals surface area contributed by atoms with Crippen molar-refractivity contribution in [2.24, 2.45) is 5.92 Å². The number of benzene rings is 2. The van der Waals surface area contributed by atoms with Crippen LogP contribution in [0.3, 0.4) is 0 Å². The third-order valence-electron chi connectivity index (χ3n) is 4.90. The van der Waals surface area contributed by atoms with Crippen molar-refractivity contribution in [1.29, 1.82) is 0 Å². The highest BCUT2D eigenvalue weighted by Gasteiger charge is 2.29. The van der Waals surface area contributed by atoms with Crippen molar-refractivity contribution in [2.45, 2.75) is 32.7 Å². The largest absolute Gasteiger partial charge is 0.352 e. The second-order valence-corrected chi connectivity index (χ2v) is 7.32. The van der Waals surface area contributed by atoms with E-state index in [1.54, 1.807) is 0 Å². The molecular weight excluding hydrogens is 324 g/mol. The van der Waals surface area contributed by atoms with Gasteiger partial charge in [-0.05, 0) is 29.2 Å². The summed E-state index contributed by atoms with van der Waals surface area (Å²) in [4.78, 5) is 26.4. The minimum atomic E-state index is -0.0748. The van der Waals surface area contributed by atoms with Gasteiger partial charge >= 0.3 is 0 Å². The Kier molecular flexibility index (Phi) is 5.71. The van der Waals surface area contributed by atoms with Crippen molar-refractivity contribution in [3.8, 4) is 0 Å². The van der Waals surface area contributed by atoms with Crippen molar-refractivity contribution in [3.05, 3.63) is 71.3 Å². The molecule has 1 aliphatic rings. The summed E-state index contributed by atoms with van der Waals surface area (Å²) in [5.74, 6) is 0.709. The van der Waals surface area contributed by atoms with E-state index >= 15 is 0 Å². The smallest absolute Gasteiger partial charge is 0.251 e. The molecule has 0 radical (unpaired) electrons. The molecule has 1 unspecified atom stereocenters. The minimum absolute atomic E-state index is 0.0748. The van der Waals surface area contributed by atoms with E-state index in [1.807, 2.05) is 59.5 Å². The molecule has 0 aliphatic carbocycles. The zero-order valence-electron chi connectivity index (χ0n) is 15.4. The number of carbonyl (C=O) groups is 2. The Morgan fingerprint density at radius 2 is 1.81 bits per heavy atom. The quantitative estimate of drug-likeness (QED) is 0.865. The molecule has 4 nitrogen and oxygen atoms in total. The maximum atomic E-state index is 12.3. The zero-order chi connectivity index (χ0) is 18.5. The molecule has 0 bridgehead atoms. The van der Waals surface area contributed by atoms with E-state index in [-0.39, 0.29) is 17.7 Å².